The molecule has 0 fully saturated rings. The fourth-order valence-electron chi connectivity index (χ4n) is 3.05. The quantitative estimate of drug-likeness (QED) is 0.160. The highest BCUT2D eigenvalue weighted by atomic mass is 32.2. The zero-order valence-electron chi connectivity index (χ0n) is 18.0. The Labute approximate surface area is 216 Å². The molecule has 2 N–H and O–H groups in total. The van der Waals surface area contributed by atoms with Gasteiger partial charge in [0.2, 0.25) is 5.91 Å². The highest BCUT2D eigenvalue weighted by Gasteiger charge is 2.19. The first-order chi connectivity index (χ1) is 17.0. The number of aromatic nitrogens is 1. The third-order valence-electron chi connectivity index (χ3n) is 4.52. The van der Waals surface area contributed by atoms with Crippen LogP contribution in [0.3, 0.4) is 0 Å². The molecule has 0 unspecified atom stereocenters. The molecule has 4 heterocycles. The Balaban J connectivity index is 1.55. The second-order valence-corrected chi connectivity index (χ2v) is 10.5. The number of carbonyl (C=O) groups is 2. The maximum atomic E-state index is 12.6. The van der Waals surface area contributed by atoms with Crippen molar-refractivity contribution in [3.05, 3.63) is 63.7 Å². The van der Waals surface area contributed by atoms with Crippen molar-refractivity contribution in [2.24, 2.45) is 5.16 Å². The van der Waals surface area contributed by atoms with E-state index in [0.717, 1.165) is 21.0 Å². The van der Waals surface area contributed by atoms with Gasteiger partial charge in [-0.2, -0.15) is 5.26 Å². The van der Waals surface area contributed by atoms with E-state index in [4.69, 9.17) is 0 Å². The summed E-state index contributed by atoms with van der Waals surface area (Å²) in [6, 6.07) is 13.5. The molecule has 0 aliphatic rings. The molecule has 0 aliphatic carbocycles. The van der Waals surface area contributed by atoms with E-state index in [0.29, 0.717) is 21.2 Å². The number of carboxylic acids is 1. The van der Waals surface area contributed by atoms with Crippen molar-refractivity contribution in [2.45, 2.75) is 5.03 Å². The number of anilines is 1. The molecule has 12 heteroatoms. The molecule has 0 aliphatic heterocycles. The zero-order valence-corrected chi connectivity index (χ0v) is 21.3. The van der Waals surface area contributed by atoms with E-state index in [1.165, 1.54) is 47.6 Å². The molecule has 0 saturated carbocycles. The highest BCUT2D eigenvalue weighted by molar-refractivity contribution is 8.00. The first-order valence-corrected chi connectivity index (χ1v) is 13.5. The number of carboxylic acid groups (broad SMARTS) is 1. The zero-order chi connectivity index (χ0) is 24.8. The Bertz CT molecular complexity index is 1420. The number of oxime groups is 1. The molecular formula is C23H16N4O4S4. The normalized spacial score (nSPS) is 11.1. The summed E-state index contributed by atoms with van der Waals surface area (Å²) in [7, 11) is 1.26. The van der Waals surface area contributed by atoms with Gasteiger partial charge in [0.1, 0.15) is 18.2 Å². The third kappa shape index (κ3) is 5.77. The standard InChI is InChI=1S/C23H16N4O4S4/c1-31-27-21(23(29)30)13-8-20(34-11-13)26-19(28)12-35-22-15(10-24)14(17-4-2-6-32-17)9-16(25-22)18-5-3-7-33-18/h2-9,11H,12H2,1H3,(H,26,28)(H,29,30)/b27-21-. The summed E-state index contributed by atoms with van der Waals surface area (Å²) in [5, 5.41) is 31.8. The van der Waals surface area contributed by atoms with E-state index < -0.39 is 5.97 Å². The minimum atomic E-state index is -1.24. The number of hydrogen-bond donors (Lipinski definition) is 2. The van der Waals surface area contributed by atoms with Crippen molar-refractivity contribution in [2.75, 3.05) is 18.2 Å². The summed E-state index contributed by atoms with van der Waals surface area (Å²) in [5.41, 5.74) is 2.01. The Kier molecular flexibility index (Phi) is 7.94. The van der Waals surface area contributed by atoms with Crippen LogP contribution >= 0.6 is 45.8 Å². The largest absolute Gasteiger partial charge is 0.476 e. The van der Waals surface area contributed by atoms with Gasteiger partial charge in [0, 0.05) is 21.4 Å². The van der Waals surface area contributed by atoms with Crippen molar-refractivity contribution in [1.29, 1.82) is 5.26 Å². The number of nitrogens with one attached hydrogen (secondary N) is 1. The highest BCUT2D eigenvalue weighted by Crippen LogP contribution is 2.37. The number of thiophene rings is 3. The third-order valence-corrected chi connectivity index (χ3v) is 8.14. The molecule has 1 amide bonds. The van der Waals surface area contributed by atoms with Gasteiger partial charge in [-0.3, -0.25) is 4.79 Å². The molecule has 35 heavy (non-hydrogen) atoms. The number of nitriles is 1. The van der Waals surface area contributed by atoms with E-state index in [-0.39, 0.29) is 17.4 Å². The van der Waals surface area contributed by atoms with E-state index >= 15 is 0 Å². The van der Waals surface area contributed by atoms with Gasteiger partial charge in [0.05, 0.1) is 26.9 Å². The lowest BCUT2D eigenvalue weighted by Gasteiger charge is -2.10. The first kappa shape index (κ1) is 24.6. The van der Waals surface area contributed by atoms with Crippen LogP contribution in [0.25, 0.3) is 21.0 Å². The van der Waals surface area contributed by atoms with Gasteiger partial charge in [-0.05, 0) is 35.0 Å². The average molecular weight is 541 g/mol. The molecule has 8 nitrogen and oxygen atoms in total. The smallest absolute Gasteiger partial charge is 0.358 e. The van der Waals surface area contributed by atoms with Gasteiger partial charge in [0.25, 0.3) is 0 Å². The van der Waals surface area contributed by atoms with Crippen molar-refractivity contribution >= 4 is 68.4 Å². The van der Waals surface area contributed by atoms with E-state index in [1.807, 2.05) is 41.1 Å². The van der Waals surface area contributed by atoms with Crippen LogP contribution in [0.4, 0.5) is 5.00 Å². The maximum Gasteiger partial charge on any atom is 0.358 e. The lowest BCUT2D eigenvalue weighted by atomic mass is 10.1. The number of aliphatic carboxylic acids is 1. The van der Waals surface area contributed by atoms with Crippen LogP contribution < -0.4 is 5.32 Å². The number of pyridine rings is 1. The molecule has 0 bridgehead atoms. The Hall–Kier alpha value is -3.50. The predicted molar refractivity (Wildman–Crippen MR) is 140 cm³/mol. The molecule has 4 aromatic rings. The Morgan fingerprint density at radius 1 is 1.20 bits per heavy atom. The van der Waals surface area contributed by atoms with Crippen LogP contribution in [-0.4, -0.2) is 40.5 Å². The monoisotopic (exact) mass is 540 g/mol. The van der Waals surface area contributed by atoms with Crippen molar-refractivity contribution in [1.82, 2.24) is 4.98 Å². The topological polar surface area (TPSA) is 125 Å². The number of thioether (sulfide) groups is 1. The fraction of sp³-hybridized carbons (Fsp3) is 0.0870. The van der Waals surface area contributed by atoms with Gasteiger partial charge in [-0.1, -0.05) is 29.1 Å². The minimum Gasteiger partial charge on any atom is -0.476 e. The number of hydrogen-bond acceptors (Lipinski definition) is 10. The molecule has 0 spiro atoms. The van der Waals surface area contributed by atoms with E-state index in [2.05, 4.69) is 26.4 Å². The number of amides is 1. The molecular weight excluding hydrogens is 525 g/mol. The lowest BCUT2D eigenvalue weighted by molar-refractivity contribution is -0.129. The van der Waals surface area contributed by atoms with Crippen LogP contribution in [-0.2, 0) is 14.4 Å². The van der Waals surface area contributed by atoms with Crippen molar-refractivity contribution < 1.29 is 19.5 Å². The summed E-state index contributed by atoms with van der Waals surface area (Å²) in [5.74, 6) is -1.53. The second kappa shape index (κ2) is 11.3. The number of carbonyl (C=O) groups excluding carboxylic acids is 1. The van der Waals surface area contributed by atoms with Gasteiger partial charge >= 0.3 is 5.97 Å². The summed E-state index contributed by atoms with van der Waals surface area (Å²) >= 11 is 5.44. The summed E-state index contributed by atoms with van der Waals surface area (Å²) < 4.78 is 0. The van der Waals surface area contributed by atoms with Crippen molar-refractivity contribution in [3.63, 3.8) is 0 Å². The fourth-order valence-corrected chi connectivity index (χ4v) is 6.09. The number of rotatable bonds is 9. The van der Waals surface area contributed by atoms with Crippen LogP contribution in [0, 0.1) is 11.3 Å². The van der Waals surface area contributed by atoms with Crippen LogP contribution in [0.1, 0.15) is 11.1 Å². The maximum absolute atomic E-state index is 12.6. The second-order valence-electron chi connectivity index (χ2n) is 6.77. The van der Waals surface area contributed by atoms with Gasteiger partial charge in [-0.25, -0.2) is 9.78 Å². The van der Waals surface area contributed by atoms with Crippen LogP contribution in [0.15, 0.2) is 62.7 Å². The SMILES string of the molecule is CO/N=C(\C(=O)O)c1csc(NC(=O)CSc2nc(-c3cccs3)cc(-c3cccs3)c2C#N)c1. The number of nitrogens with zero attached hydrogens (tertiary/aromatic N) is 3. The van der Waals surface area contributed by atoms with Gasteiger partial charge in [-0.15, -0.1) is 34.0 Å². The average Bonchev–Trinajstić information content (AvgIpc) is 3.63. The predicted octanol–water partition coefficient (Wildman–Crippen LogP) is 5.64. The van der Waals surface area contributed by atoms with Crippen molar-refractivity contribution in [3.8, 4) is 27.1 Å². The molecule has 0 radical (unpaired) electrons. The summed E-state index contributed by atoms with van der Waals surface area (Å²) in [4.78, 5) is 35.2. The van der Waals surface area contributed by atoms with Gasteiger partial charge < -0.3 is 15.3 Å². The Morgan fingerprint density at radius 3 is 2.57 bits per heavy atom. The van der Waals surface area contributed by atoms with Crippen LogP contribution in [0.5, 0.6) is 0 Å². The Morgan fingerprint density at radius 2 is 1.94 bits per heavy atom. The molecule has 4 aromatic heterocycles. The summed E-state index contributed by atoms with van der Waals surface area (Å²) in [6.07, 6.45) is 0. The van der Waals surface area contributed by atoms with Gasteiger partial charge in [0.15, 0.2) is 5.71 Å². The summed E-state index contributed by atoms with van der Waals surface area (Å²) in [6.45, 7) is 0. The molecule has 176 valence electrons. The van der Waals surface area contributed by atoms with E-state index in [1.54, 1.807) is 16.7 Å². The minimum absolute atomic E-state index is 0.0185. The van der Waals surface area contributed by atoms with Crippen LogP contribution in [0.2, 0.25) is 0 Å². The molecule has 0 atom stereocenters. The first-order valence-electron chi connectivity index (χ1n) is 9.89. The molecule has 0 aromatic carbocycles. The van der Waals surface area contributed by atoms with E-state index in [9.17, 15) is 20.0 Å². The molecule has 4 rings (SSSR count). The molecule has 0 saturated heterocycles. The lowest BCUT2D eigenvalue weighted by Crippen LogP contribution is -2.15.